The van der Waals surface area contributed by atoms with Gasteiger partial charge in [-0.1, -0.05) is 25.8 Å². The van der Waals surface area contributed by atoms with Crippen LogP contribution < -0.4 is 10.1 Å². The Balaban J connectivity index is 1.75. The maximum absolute atomic E-state index is 12.0. The fourth-order valence-electron chi connectivity index (χ4n) is 5.62. The van der Waals surface area contributed by atoms with Crippen molar-refractivity contribution in [3.8, 4) is 11.5 Å². The highest BCUT2D eigenvalue weighted by Gasteiger charge is 2.42. The molecule has 0 heterocycles. The molecule has 3 rings (SSSR count). The van der Waals surface area contributed by atoms with Gasteiger partial charge in [0.15, 0.2) is 11.5 Å². The summed E-state index contributed by atoms with van der Waals surface area (Å²) in [7, 11) is 1.86. The predicted octanol–water partition coefficient (Wildman–Crippen LogP) is 5.02. The maximum atomic E-state index is 12.0. The van der Waals surface area contributed by atoms with Crippen molar-refractivity contribution in [2.75, 3.05) is 7.05 Å². The summed E-state index contributed by atoms with van der Waals surface area (Å²) in [6.45, 7) is 4.17. The van der Waals surface area contributed by atoms with E-state index in [0.717, 1.165) is 56.1 Å². The Hall–Kier alpha value is -1.79. The molecule has 1 aromatic rings. The van der Waals surface area contributed by atoms with Crippen LogP contribution >= 0.6 is 0 Å². The Kier molecular flexibility index (Phi) is 9.45. The second-order valence-electron chi connectivity index (χ2n) is 10.1. The van der Waals surface area contributed by atoms with Gasteiger partial charge in [-0.2, -0.15) is 0 Å². The third kappa shape index (κ3) is 7.10. The van der Waals surface area contributed by atoms with Crippen molar-refractivity contribution in [1.29, 1.82) is 0 Å². The van der Waals surface area contributed by atoms with Gasteiger partial charge in [0.05, 0.1) is 12.2 Å². The van der Waals surface area contributed by atoms with Gasteiger partial charge >= 0.3 is 5.97 Å². The summed E-state index contributed by atoms with van der Waals surface area (Å²) < 4.78 is 12.1. The summed E-state index contributed by atoms with van der Waals surface area (Å²) in [5.74, 6) is 0.757. The van der Waals surface area contributed by atoms with E-state index in [1.165, 1.54) is 19.8 Å². The van der Waals surface area contributed by atoms with E-state index in [0.29, 0.717) is 31.6 Å². The summed E-state index contributed by atoms with van der Waals surface area (Å²) in [4.78, 5) is 12.0. The third-order valence-electron chi connectivity index (χ3n) is 7.43. The van der Waals surface area contributed by atoms with E-state index in [-0.39, 0.29) is 23.7 Å². The van der Waals surface area contributed by atoms with E-state index >= 15 is 0 Å². The number of benzene rings is 1. The largest absolute Gasteiger partial charge is 0.504 e. The van der Waals surface area contributed by atoms with Crippen LogP contribution in [-0.2, 0) is 22.5 Å². The number of carbonyl (C=O) groups excluding carboxylic acids is 1. The second kappa shape index (κ2) is 12.1. The molecular weight excluding hydrogens is 418 g/mol. The predicted molar refractivity (Wildman–Crippen MR) is 129 cm³/mol. The van der Waals surface area contributed by atoms with Crippen LogP contribution in [0.2, 0.25) is 0 Å². The Morgan fingerprint density at radius 1 is 1.24 bits per heavy atom. The number of ether oxygens (including phenoxy) is 2. The molecule has 2 saturated carbocycles. The Bertz CT molecular complexity index is 776. The van der Waals surface area contributed by atoms with Gasteiger partial charge in [-0.15, -0.1) is 0 Å². The smallest absolute Gasteiger partial charge is 0.303 e. The fraction of sp³-hybridized carbons (Fsp3) is 0.741. The number of esters is 1. The molecule has 0 radical (unpaired) electrons. The van der Waals surface area contributed by atoms with E-state index in [1.54, 1.807) is 0 Å². The highest BCUT2D eigenvalue weighted by atomic mass is 16.6. The van der Waals surface area contributed by atoms with Crippen LogP contribution in [0.5, 0.6) is 11.5 Å². The molecule has 33 heavy (non-hydrogen) atoms. The van der Waals surface area contributed by atoms with Crippen LogP contribution in [0.25, 0.3) is 0 Å². The first-order valence-electron chi connectivity index (χ1n) is 12.9. The summed E-state index contributed by atoms with van der Waals surface area (Å²) in [6.07, 6.45) is 10.9. The van der Waals surface area contributed by atoms with Crippen molar-refractivity contribution in [3.05, 3.63) is 23.3 Å². The number of hydrogen-bond acceptors (Lipinski definition) is 6. The standard InChI is InChI=1S/C27H43NO5/c1-4-5-8-21-12-14-27(17-24(21)30,33-19(2)29)13-11-20-15-22(18-28-3)26(31)25(16-20)32-23-9-6-7-10-23/h15-16,21,23-24,28,30-31H,4-14,17-18H2,1-3H3/t21-,24-,27+/m1/s1. The number of phenols is 1. The first-order chi connectivity index (χ1) is 15.9. The van der Waals surface area contributed by atoms with Crippen LogP contribution in [0.4, 0.5) is 0 Å². The lowest BCUT2D eigenvalue weighted by molar-refractivity contribution is -0.168. The van der Waals surface area contributed by atoms with Crippen LogP contribution in [0.3, 0.4) is 0 Å². The average Bonchev–Trinajstić information content (AvgIpc) is 3.28. The van der Waals surface area contributed by atoms with Gasteiger partial charge < -0.3 is 25.0 Å². The molecular formula is C27H43NO5. The van der Waals surface area contributed by atoms with Crippen molar-refractivity contribution in [1.82, 2.24) is 5.32 Å². The summed E-state index contributed by atoms with van der Waals surface area (Å²) in [5.41, 5.74) is 1.23. The lowest BCUT2D eigenvalue weighted by Crippen LogP contribution is -2.45. The van der Waals surface area contributed by atoms with E-state index in [1.807, 2.05) is 19.2 Å². The van der Waals surface area contributed by atoms with Gasteiger partial charge in [-0.05, 0) is 82.4 Å². The Morgan fingerprint density at radius 2 is 2.00 bits per heavy atom. The molecule has 0 saturated heterocycles. The number of aromatic hydroxyl groups is 1. The van der Waals surface area contributed by atoms with Gasteiger partial charge in [-0.25, -0.2) is 0 Å². The minimum absolute atomic E-state index is 0.162. The molecule has 2 aliphatic rings. The number of carbonyl (C=O) groups is 1. The van der Waals surface area contributed by atoms with E-state index in [9.17, 15) is 15.0 Å². The molecule has 3 atom stereocenters. The minimum Gasteiger partial charge on any atom is -0.504 e. The van der Waals surface area contributed by atoms with Gasteiger partial charge in [-0.3, -0.25) is 4.79 Å². The molecule has 0 spiro atoms. The summed E-state index contributed by atoms with van der Waals surface area (Å²) in [5, 5.41) is 24.7. The monoisotopic (exact) mass is 461 g/mol. The number of aliphatic hydroxyl groups excluding tert-OH is 1. The van der Waals surface area contributed by atoms with Crippen molar-refractivity contribution < 1.29 is 24.5 Å². The summed E-state index contributed by atoms with van der Waals surface area (Å²) >= 11 is 0. The number of phenolic OH excluding ortho intramolecular Hbond substituents is 1. The molecule has 0 amide bonds. The molecule has 186 valence electrons. The number of aliphatic hydroxyl groups is 1. The van der Waals surface area contributed by atoms with E-state index in [4.69, 9.17) is 9.47 Å². The number of rotatable bonds is 11. The molecule has 6 nitrogen and oxygen atoms in total. The highest BCUT2D eigenvalue weighted by Crippen LogP contribution is 2.41. The zero-order valence-corrected chi connectivity index (χ0v) is 20.7. The summed E-state index contributed by atoms with van der Waals surface area (Å²) in [6, 6.07) is 3.95. The molecule has 0 unspecified atom stereocenters. The van der Waals surface area contributed by atoms with E-state index in [2.05, 4.69) is 12.2 Å². The number of aryl methyl sites for hydroxylation is 1. The Morgan fingerprint density at radius 3 is 2.64 bits per heavy atom. The van der Waals surface area contributed by atoms with Gasteiger partial charge in [0, 0.05) is 25.5 Å². The highest BCUT2D eigenvalue weighted by molar-refractivity contribution is 5.66. The molecule has 2 aliphatic carbocycles. The zero-order valence-electron chi connectivity index (χ0n) is 20.7. The minimum atomic E-state index is -0.637. The topological polar surface area (TPSA) is 88.0 Å². The lowest BCUT2D eigenvalue weighted by atomic mass is 9.72. The van der Waals surface area contributed by atoms with Gasteiger partial charge in [0.2, 0.25) is 0 Å². The Labute approximate surface area is 199 Å². The molecule has 0 bridgehead atoms. The van der Waals surface area contributed by atoms with Crippen molar-refractivity contribution in [2.24, 2.45) is 5.92 Å². The van der Waals surface area contributed by atoms with Crippen molar-refractivity contribution in [3.63, 3.8) is 0 Å². The third-order valence-corrected chi connectivity index (χ3v) is 7.43. The van der Waals surface area contributed by atoms with Crippen LogP contribution in [0.1, 0.15) is 95.6 Å². The van der Waals surface area contributed by atoms with Crippen LogP contribution in [-0.4, -0.2) is 41.0 Å². The average molecular weight is 462 g/mol. The number of hydrogen-bond donors (Lipinski definition) is 3. The normalized spacial score (nSPS) is 25.8. The second-order valence-corrected chi connectivity index (χ2v) is 10.1. The number of unbranched alkanes of at least 4 members (excludes halogenated alkanes) is 1. The molecule has 2 fully saturated rings. The SMILES string of the molecule is CCCC[C@@H]1CC[C@](CCc2cc(CNC)c(O)c(OC3CCCC3)c2)(OC(C)=O)C[C@H]1O. The molecule has 0 aromatic heterocycles. The zero-order chi connectivity index (χ0) is 23.8. The first kappa shape index (κ1) is 25.8. The quantitative estimate of drug-likeness (QED) is 0.401. The van der Waals surface area contributed by atoms with Crippen molar-refractivity contribution in [2.45, 2.75) is 115 Å². The van der Waals surface area contributed by atoms with Gasteiger partial charge in [0.25, 0.3) is 0 Å². The van der Waals surface area contributed by atoms with Crippen molar-refractivity contribution >= 4 is 5.97 Å². The fourth-order valence-corrected chi connectivity index (χ4v) is 5.62. The molecule has 0 aliphatic heterocycles. The molecule has 6 heteroatoms. The molecule has 1 aromatic carbocycles. The van der Waals surface area contributed by atoms with Crippen LogP contribution in [0, 0.1) is 5.92 Å². The van der Waals surface area contributed by atoms with Gasteiger partial charge in [0.1, 0.15) is 5.60 Å². The maximum Gasteiger partial charge on any atom is 0.303 e. The van der Waals surface area contributed by atoms with E-state index < -0.39 is 11.7 Å². The molecule has 3 N–H and O–H groups in total. The number of nitrogens with one attached hydrogen (secondary N) is 1. The first-order valence-corrected chi connectivity index (χ1v) is 12.9. The van der Waals surface area contributed by atoms with Crippen LogP contribution in [0.15, 0.2) is 12.1 Å². The lowest BCUT2D eigenvalue weighted by Gasteiger charge is -2.42.